The molecule has 0 saturated carbocycles. The topological polar surface area (TPSA) is 73.8 Å². The van der Waals surface area contributed by atoms with Crippen LogP contribution in [0.3, 0.4) is 0 Å². The lowest BCUT2D eigenvalue weighted by Gasteiger charge is -2.02. The average molecular weight is 364 g/mol. The zero-order chi connectivity index (χ0) is 17.5. The number of aromatic nitrogens is 4. The van der Waals surface area contributed by atoms with E-state index in [1.165, 1.54) is 10.4 Å². The molecule has 0 N–H and O–H groups in total. The molecule has 0 radical (unpaired) electrons. The van der Waals surface area contributed by atoms with Gasteiger partial charge in [-0.15, -0.1) is 11.3 Å². The number of thiophene rings is 1. The van der Waals surface area contributed by atoms with Crippen LogP contribution in [0, 0.1) is 0 Å². The number of aryl methyl sites for hydroxylation is 2. The van der Waals surface area contributed by atoms with Gasteiger partial charge in [-0.1, -0.05) is 35.5 Å². The summed E-state index contributed by atoms with van der Waals surface area (Å²) in [5, 5.41) is 4.80. The maximum atomic E-state index is 12.9. The summed E-state index contributed by atoms with van der Waals surface area (Å²) in [5.41, 5.74) is 2.29. The molecule has 5 rings (SSSR count). The molecule has 3 aromatic heterocycles. The third kappa shape index (κ3) is 2.64. The Labute approximate surface area is 153 Å². The van der Waals surface area contributed by atoms with Gasteiger partial charge in [-0.25, -0.2) is 4.98 Å². The smallest absolute Gasteiger partial charge is 0.262 e. The van der Waals surface area contributed by atoms with Gasteiger partial charge in [-0.05, 0) is 30.4 Å². The van der Waals surface area contributed by atoms with Crippen LogP contribution in [0.4, 0.5) is 0 Å². The van der Waals surface area contributed by atoms with E-state index in [2.05, 4.69) is 15.1 Å². The third-order valence-corrected chi connectivity index (χ3v) is 5.91. The molecule has 6 nitrogen and oxygen atoms in total. The first-order valence-corrected chi connectivity index (χ1v) is 9.44. The molecule has 1 aliphatic rings. The van der Waals surface area contributed by atoms with Gasteiger partial charge >= 0.3 is 0 Å². The maximum Gasteiger partial charge on any atom is 0.262 e. The molecule has 0 amide bonds. The van der Waals surface area contributed by atoms with E-state index in [1.54, 1.807) is 22.2 Å². The number of nitrogens with zero attached hydrogens (tertiary/aromatic N) is 4. The van der Waals surface area contributed by atoms with Gasteiger partial charge in [-0.2, -0.15) is 4.98 Å². The molecule has 0 saturated heterocycles. The Bertz CT molecular complexity index is 1140. The van der Waals surface area contributed by atoms with Crippen molar-refractivity contribution in [2.24, 2.45) is 0 Å². The van der Waals surface area contributed by atoms with Crippen molar-refractivity contribution >= 4 is 21.6 Å². The Morgan fingerprint density at radius 2 is 2.08 bits per heavy atom. The minimum atomic E-state index is -0.0165. The van der Waals surface area contributed by atoms with Crippen molar-refractivity contribution in [3.63, 3.8) is 0 Å². The molecule has 0 unspecified atom stereocenters. The highest BCUT2D eigenvalue weighted by atomic mass is 32.1. The first kappa shape index (κ1) is 15.5. The second-order valence-corrected chi connectivity index (χ2v) is 7.57. The van der Waals surface area contributed by atoms with Crippen molar-refractivity contribution in [1.29, 1.82) is 0 Å². The molecule has 0 spiro atoms. The second-order valence-electron chi connectivity index (χ2n) is 6.48. The van der Waals surface area contributed by atoms with Crippen molar-refractivity contribution in [3.05, 3.63) is 74.7 Å². The monoisotopic (exact) mass is 364 g/mol. The fourth-order valence-electron chi connectivity index (χ4n) is 3.48. The molecule has 26 heavy (non-hydrogen) atoms. The fraction of sp³-hybridized carbons (Fsp3) is 0.263. The SMILES string of the molecule is O=c1c2c3c(sc2ncn1Cc1nc(Cc2ccccc2)no1)CCC3. The maximum absolute atomic E-state index is 12.9. The lowest BCUT2D eigenvalue weighted by atomic mass is 10.1. The van der Waals surface area contributed by atoms with Gasteiger partial charge in [0.2, 0.25) is 5.89 Å². The van der Waals surface area contributed by atoms with Crippen LogP contribution >= 0.6 is 11.3 Å². The van der Waals surface area contributed by atoms with Gasteiger partial charge < -0.3 is 4.52 Å². The van der Waals surface area contributed by atoms with E-state index < -0.39 is 0 Å². The van der Waals surface area contributed by atoms with Crippen molar-refractivity contribution in [3.8, 4) is 0 Å². The van der Waals surface area contributed by atoms with Crippen LogP contribution in [0.5, 0.6) is 0 Å². The van der Waals surface area contributed by atoms with E-state index in [1.807, 2.05) is 30.3 Å². The van der Waals surface area contributed by atoms with Crippen LogP contribution in [0.25, 0.3) is 10.2 Å². The lowest BCUT2D eigenvalue weighted by molar-refractivity contribution is 0.365. The lowest BCUT2D eigenvalue weighted by Crippen LogP contribution is -2.21. The predicted octanol–water partition coefficient (Wildman–Crippen LogP) is 2.97. The Balaban J connectivity index is 1.43. The first-order valence-electron chi connectivity index (χ1n) is 8.63. The van der Waals surface area contributed by atoms with E-state index in [9.17, 15) is 4.79 Å². The van der Waals surface area contributed by atoms with E-state index in [0.29, 0.717) is 18.1 Å². The molecule has 0 aliphatic heterocycles. The van der Waals surface area contributed by atoms with E-state index in [-0.39, 0.29) is 12.1 Å². The highest BCUT2D eigenvalue weighted by Crippen LogP contribution is 2.34. The standard InChI is InChI=1S/C19H16N4O2S/c24-19-17-13-7-4-8-14(13)26-18(17)20-11-23(19)10-16-21-15(22-25-16)9-12-5-2-1-3-6-12/h1-3,5-6,11H,4,7-10H2. The van der Waals surface area contributed by atoms with Gasteiger partial charge in [0.15, 0.2) is 5.82 Å². The van der Waals surface area contributed by atoms with Gasteiger partial charge in [0.25, 0.3) is 5.56 Å². The molecule has 1 aliphatic carbocycles. The van der Waals surface area contributed by atoms with Crippen LogP contribution in [0.15, 0.2) is 46.0 Å². The van der Waals surface area contributed by atoms with E-state index >= 15 is 0 Å². The summed E-state index contributed by atoms with van der Waals surface area (Å²) in [7, 11) is 0. The summed E-state index contributed by atoms with van der Waals surface area (Å²) in [6.07, 6.45) is 5.34. The Kier molecular flexibility index (Phi) is 3.67. The molecular formula is C19H16N4O2S. The predicted molar refractivity (Wildman–Crippen MR) is 98.6 cm³/mol. The van der Waals surface area contributed by atoms with Crippen LogP contribution in [0.1, 0.15) is 34.1 Å². The summed E-state index contributed by atoms with van der Waals surface area (Å²) in [4.78, 5) is 23.9. The van der Waals surface area contributed by atoms with Gasteiger partial charge in [-0.3, -0.25) is 9.36 Å². The quantitative estimate of drug-likeness (QED) is 0.557. The summed E-state index contributed by atoms with van der Waals surface area (Å²) >= 11 is 1.65. The van der Waals surface area contributed by atoms with Crippen LogP contribution in [0.2, 0.25) is 0 Å². The Morgan fingerprint density at radius 3 is 2.96 bits per heavy atom. The number of hydrogen-bond donors (Lipinski definition) is 0. The minimum absolute atomic E-state index is 0.0165. The van der Waals surface area contributed by atoms with Crippen molar-refractivity contribution in [2.45, 2.75) is 32.2 Å². The van der Waals surface area contributed by atoms with Crippen molar-refractivity contribution < 1.29 is 4.52 Å². The van der Waals surface area contributed by atoms with E-state index in [0.717, 1.165) is 35.0 Å². The highest BCUT2D eigenvalue weighted by Gasteiger charge is 2.21. The van der Waals surface area contributed by atoms with Gasteiger partial charge in [0.1, 0.15) is 11.4 Å². The zero-order valence-electron chi connectivity index (χ0n) is 14.0. The van der Waals surface area contributed by atoms with Gasteiger partial charge in [0.05, 0.1) is 11.7 Å². The summed E-state index contributed by atoms with van der Waals surface area (Å²) in [5.74, 6) is 1.04. The summed E-state index contributed by atoms with van der Waals surface area (Å²) < 4.78 is 6.90. The highest BCUT2D eigenvalue weighted by molar-refractivity contribution is 7.18. The van der Waals surface area contributed by atoms with Gasteiger partial charge in [0, 0.05) is 11.3 Å². The second kappa shape index (κ2) is 6.17. The number of fused-ring (bicyclic) bond motifs is 3. The summed E-state index contributed by atoms with van der Waals surface area (Å²) in [6.45, 7) is 0.244. The Morgan fingerprint density at radius 1 is 1.19 bits per heavy atom. The molecule has 7 heteroatoms. The van der Waals surface area contributed by atoms with Crippen LogP contribution < -0.4 is 5.56 Å². The normalized spacial score (nSPS) is 13.4. The number of rotatable bonds is 4. The molecular weight excluding hydrogens is 348 g/mol. The molecule has 4 aromatic rings. The third-order valence-electron chi connectivity index (χ3n) is 4.71. The van der Waals surface area contributed by atoms with Crippen LogP contribution in [-0.2, 0) is 25.8 Å². The van der Waals surface area contributed by atoms with Crippen LogP contribution in [-0.4, -0.2) is 19.7 Å². The van der Waals surface area contributed by atoms with Crippen molar-refractivity contribution in [1.82, 2.24) is 19.7 Å². The fourth-order valence-corrected chi connectivity index (χ4v) is 4.70. The zero-order valence-corrected chi connectivity index (χ0v) is 14.8. The Hall–Kier alpha value is -2.80. The summed E-state index contributed by atoms with van der Waals surface area (Å²) in [6, 6.07) is 9.99. The van der Waals surface area contributed by atoms with Crippen molar-refractivity contribution in [2.75, 3.05) is 0 Å². The molecule has 3 heterocycles. The molecule has 0 bridgehead atoms. The number of benzene rings is 1. The molecule has 1 aromatic carbocycles. The average Bonchev–Trinajstić information content (AvgIpc) is 3.34. The first-order chi connectivity index (χ1) is 12.8. The number of hydrogen-bond acceptors (Lipinski definition) is 6. The van der Waals surface area contributed by atoms with E-state index in [4.69, 9.17) is 4.52 Å². The minimum Gasteiger partial charge on any atom is -0.337 e. The molecule has 130 valence electrons. The molecule has 0 atom stereocenters. The molecule has 0 fully saturated rings. The largest absolute Gasteiger partial charge is 0.337 e.